The fourth-order valence-corrected chi connectivity index (χ4v) is 4.59. The van der Waals surface area contributed by atoms with Gasteiger partial charge in [0, 0.05) is 19.1 Å². The van der Waals surface area contributed by atoms with Gasteiger partial charge in [-0.05, 0) is 31.0 Å². The maximum atomic E-state index is 13.2. The molecule has 2 amide bonds. The fraction of sp³-hybridized carbons (Fsp3) is 0.429. The summed E-state index contributed by atoms with van der Waals surface area (Å²) in [6.07, 6.45) is -0.0593. The number of sulfonamides is 1. The molecule has 0 bridgehead atoms. The molecule has 0 atom stereocenters. The number of ether oxygens (including phenoxy) is 1. The molecule has 1 aromatic carbocycles. The number of nitrogens with zero attached hydrogens (tertiary/aromatic N) is 2. The van der Waals surface area contributed by atoms with Crippen molar-refractivity contribution in [3.8, 4) is 0 Å². The van der Waals surface area contributed by atoms with Gasteiger partial charge in [0.1, 0.15) is 5.82 Å². The van der Waals surface area contributed by atoms with Gasteiger partial charge in [0.05, 0.1) is 9.92 Å². The van der Waals surface area contributed by atoms with E-state index in [9.17, 15) is 22.4 Å². The van der Waals surface area contributed by atoms with E-state index in [0.29, 0.717) is 12.8 Å². The monoisotopic (exact) mass is 376 g/mol. The van der Waals surface area contributed by atoms with Crippen LogP contribution in [0.5, 0.6) is 0 Å². The van der Waals surface area contributed by atoms with Crippen molar-refractivity contribution < 1.29 is 27.1 Å². The Labute approximate surface area is 143 Å². The van der Waals surface area contributed by atoms with E-state index in [1.165, 1.54) is 4.31 Å². The number of cyclic esters (lactones) is 1. The summed E-state index contributed by atoms with van der Waals surface area (Å²) >= 11 is 5.65. The predicted octanol–water partition coefficient (Wildman–Crippen LogP) is 1.61. The van der Waals surface area contributed by atoms with Crippen molar-refractivity contribution in [1.29, 1.82) is 0 Å². The number of hydrogen-bond acceptors (Lipinski definition) is 5. The van der Waals surface area contributed by atoms with Gasteiger partial charge in [0.25, 0.3) is 5.91 Å². The average molecular weight is 377 g/mol. The number of rotatable bonds is 3. The number of amides is 2. The quantitative estimate of drug-likeness (QED) is 0.800. The van der Waals surface area contributed by atoms with Gasteiger partial charge in [-0.3, -0.25) is 4.79 Å². The standard InChI is InChI=1S/C14H14ClFN2O5S/c15-11-7-10(1-2-12(11)16)24(21,22)17-5-3-9(4-6-17)18-13(19)8-23-14(18)20/h1-2,7,9H,3-6,8H2. The molecular weight excluding hydrogens is 363 g/mol. The first-order valence-electron chi connectivity index (χ1n) is 7.24. The predicted molar refractivity (Wildman–Crippen MR) is 81.4 cm³/mol. The number of piperidine rings is 1. The molecule has 0 radical (unpaired) electrons. The van der Waals surface area contributed by atoms with Crippen molar-refractivity contribution in [2.24, 2.45) is 0 Å². The molecular formula is C14H14ClFN2O5S. The molecule has 0 spiro atoms. The molecule has 0 saturated carbocycles. The zero-order chi connectivity index (χ0) is 17.5. The number of halogens is 2. The molecule has 7 nitrogen and oxygen atoms in total. The van der Waals surface area contributed by atoms with Crippen LogP contribution < -0.4 is 0 Å². The molecule has 0 aromatic heterocycles. The van der Waals surface area contributed by atoms with Crippen molar-refractivity contribution in [3.63, 3.8) is 0 Å². The van der Waals surface area contributed by atoms with Crippen LogP contribution >= 0.6 is 11.6 Å². The summed E-state index contributed by atoms with van der Waals surface area (Å²) in [5, 5.41) is -0.267. The number of benzene rings is 1. The summed E-state index contributed by atoms with van der Waals surface area (Å²) in [6, 6.07) is 2.85. The summed E-state index contributed by atoms with van der Waals surface area (Å²) in [5.41, 5.74) is 0. The van der Waals surface area contributed by atoms with Gasteiger partial charge in [0.2, 0.25) is 10.0 Å². The number of hydrogen-bond donors (Lipinski definition) is 0. The van der Waals surface area contributed by atoms with Gasteiger partial charge in [-0.1, -0.05) is 11.6 Å². The molecule has 24 heavy (non-hydrogen) atoms. The summed E-state index contributed by atoms with van der Waals surface area (Å²) < 4.78 is 44.3. The summed E-state index contributed by atoms with van der Waals surface area (Å²) in [4.78, 5) is 24.2. The van der Waals surface area contributed by atoms with Crippen molar-refractivity contribution in [1.82, 2.24) is 9.21 Å². The highest BCUT2D eigenvalue weighted by molar-refractivity contribution is 7.89. The van der Waals surface area contributed by atoms with E-state index in [4.69, 9.17) is 11.6 Å². The van der Waals surface area contributed by atoms with E-state index < -0.39 is 27.8 Å². The molecule has 2 fully saturated rings. The largest absolute Gasteiger partial charge is 0.439 e. The number of carbonyl (C=O) groups excluding carboxylic acids is 2. The highest BCUT2D eigenvalue weighted by Gasteiger charge is 2.40. The highest BCUT2D eigenvalue weighted by Crippen LogP contribution is 2.27. The van der Waals surface area contributed by atoms with Gasteiger partial charge in [-0.25, -0.2) is 22.5 Å². The Kier molecular flexibility index (Phi) is 4.50. The molecule has 2 aliphatic rings. The van der Waals surface area contributed by atoms with Crippen LogP contribution in [-0.2, 0) is 19.6 Å². The van der Waals surface area contributed by atoms with Crippen molar-refractivity contribution in [2.45, 2.75) is 23.8 Å². The maximum Gasteiger partial charge on any atom is 0.417 e. The van der Waals surface area contributed by atoms with Gasteiger partial charge in [0.15, 0.2) is 6.61 Å². The van der Waals surface area contributed by atoms with Gasteiger partial charge < -0.3 is 4.74 Å². The van der Waals surface area contributed by atoms with Crippen LogP contribution in [0.4, 0.5) is 9.18 Å². The van der Waals surface area contributed by atoms with Crippen LogP contribution in [0.25, 0.3) is 0 Å². The molecule has 10 heteroatoms. The minimum atomic E-state index is -3.81. The first kappa shape index (κ1) is 17.1. The second-order valence-electron chi connectivity index (χ2n) is 5.53. The Morgan fingerprint density at radius 3 is 2.42 bits per heavy atom. The zero-order valence-corrected chi connectivity index (χ0v) is 14.0. The average Bonchev–Trinajstić information content (AvgIpc) is 2.89. The molecule has 0 aliphatic carbocycles. The molecule has 1 aromatic rings. The minimum absolute atomic E-state index is 0.0935. The van der Waals surface area contributed by atoms with Crippen molar-refractivity contribution >= 4 is 33.6 Å². The van der Waals surface area contributed by atoms with E-state index in [1.54, 1.807) is 0 Å². The lowest BCUT2D eigenvalue weighted by Gasteiger charge is -2.34. The lowest BCUT2D eigenvalue weighted by atomic mass is 10.1. The SMILES string of the molecule is O=C1COC(=O)N1C1CCN(S(=O)(=O)c2ccc(F)c(Cl)c2)CC1. The molecule has 130 valence electrons. The van der Waals surface area contributed by atoms with Crippen molar-refractivity contribution in [3.05, 3.63) is 29.0 Å². The van der Waals surface area contributed by atoms with E-state index >= 15 is 0 Å². The normalized spacial score (nSPS) is 20.5. The third-order valence-electron chi connectivity index (χ3n) is 4.10. The molecule has 0 N–H and O–H groups in total. The van der Waals surface area contributed by atoms with E-state index in [2.05, 4.69) is 4.74 Å². The lowest BCUT2D eigenvalue weighted by Crippen LogP contribution is -2.48. The Bertz CT molecular complexity index is 776. The Balaban J connectivity index is 1.72. The van der Waals surface area contributed by atoms with Gasteiger partial charge >= 0.3 is 6.09 Å². The van der Waals surface area contributed by atoms with Crippen LogP contribution in [0.1, 0.15) is 12.8 Å². The summed E-state index contributed by atoms with van der Waals surface area (Å²) in [6.45, 7) is 0.00351. The van der Waals surface area contributed by atoms with E-state index in [1.807, 2.05) is 0 Å². The van der Waals surface area contributed by atoms with Crippen molar-refractivity contribution in [2.75, 3.05) is 19.7 Å². The van der Waals surface area contributed by atoms with E-state index in [-0.39, 0.29) is 35.7 Å². The number of carbonyl (C=O) groups is 2. The summed E-state index contributed by atoms with van der Waals surface area (Å²) in [5.74, 6) is -1.10. The smallest absolute Gasteiger partial charge is 0.417 e. The number of imide groups is 1. The van der Waals surface area contributed by atoms with Gasteiger partial charge in [-0.15, -0.1) is 0 Å². The lowest BCUT2D eigenvalue weighted by molar-refractivity contribution is -0.127. The van der Waals surface area contributed by atoms with Crippen LogP contribution in [0, 0.1) is 5.82 Å². The first-order valence-corrected chi connectivity index (χ1v) is 9.06. The maximum absolute atomic E-state index is 13.2. The van der Waals surface area contributed by atoms with Gasteiger partial charge in [-0.2, -0.15) is 4.31 Å². The van der Waals surface area contributed by atoms with Crippen LogP contribution in [0.15, 0.2) is 23.1 Å². The topological polar surface area (TPSA) is 84.0 Å². The molecule has 2 saturated heterocycles. The summed E-state index contributed by atoms with van der Waals surface area (Å²) in [7, 11) is -3.81. The molecule has 0 unspecified atom stereocenters. The molecule has 2 heterocycles. The zero-order valence-electron chi connectivity index (χ0n) is 12.4. The van der Waals surface area contributed by atoms with Crippen LogP contribution in [-0.4, -0.2) is 55.4 Å². The first-order chi connectivity index (χ1) is 11.3. The van der Waals surface area contributed by atoms with Crippen LogP contribution in [0.2, 0.25) is 5.02 Å². The van der Waals surface area contributed by atoms with E-state index in [0.717, 1.165) is 23.1 Å². The third-order valence-corrected chi connectivity index (χ3v) is 6.29. The Hall–Kier alpha value is -1.71. The molecule has 3 rings (SSSR count). The fourth-order valence-electron chi connectivity index (χ4n) is 2.84. The highest BCUT2D eigenvalue weighted by atomic mass is 35.5. The third kappa shape index (κ3) is 2.99. The minimum Gasteiger partial charge on any atom is -0.439 e. The Morgan fingerprint density at radius 1 is 1.21 bits per heavy atom. The Morgan fingerprint density at radius 2 is 1.88 bits per heavy atom. The van der Waals surface area contributed by atoms with Crippen LogP contribution in [0.3, 0.4) is 0 Å². The second kappa shape index (κ2) is 6.30. The molecule has 2 aliphatic heterocycles. The second-order valence-corrected chi connectivity index (χ2v) is 7.87.